The molecule has 0 aliphatic rings. The Morgan fingerprint density at radius 2 is 0.557 bits per heavy atom. The van der Waals surface area contributed by atoms with Crippen LogP contribution in [0.25, 0.3) is 0 Å². The van der Waals surface area contributed by atoms with Crippen molar-refractivity contribution >= 4 is 17.9 Å². The fraction of sp³-hybridized carbons (Fsp3) is 0.703. The zero-order chi connectivity index (χ0) is 50.7. The van der Waals surface area contributed by atoms with E-state index >= 15 is 0 Å². The summed E-state index contributed by atoms with van der Waals surface area (Å²) < 4.78 is 16.8. The lowest BCUT2D eigenvalue weighted by molar-refractivity contribution is -0.167. The van der Waals surface area contributed by atoms with Gasteiger partial charge in [0, 0.05) is 19.3 Å². The molecule has 1 atom stereocenters. The minimum absolute atomic E-state index is 0.0973. The Balaban J connectivity index is 4.40. The van der Waals surface area contributed by atoms with Crippen molar-refractivity contribution in [1.82, 2.24) is 0 Å². The predicted molar refractivity (Wildman–Crippen MR) is 302 cm³/mol. The summed E-state index contributed by atoms with van der Waals surface area (Å²) in [4.78, 5) is 38.1. The van der Waals surface area contributed by atoms with Crippen LogP contribution >= 0.6 is 0 Å². The van der Waals surface area contributed by atoms with E-state index in [0.29, 0.717) is 19.3 Å². The second-order valence-corrected chi connectivity index (χ2v) is 19.2. The number of unbranched alkanes of at least 4 members (excludes halogenated alkanes) is 25. The minimum atomic E-state index is -0.802. The highest BCUT2D eigenvalue weighted by Crippen LogP contribution is 2.14. The fourth-order valence-corrected chi connectivity index (χ4v) is 7.91. The van der Waals surface area contributed by atoms with Crippen molar-refractivity contribution in [1.29, 1.82) is 0 Å². The highest BCUT2D eigenvalue weighted by Gasteiger charge is 2.19. The van der Waals surface area contributed by atoms with Crippen molar-refractivity contribution in [3.8, 4) is 0 Å². The van der Waals surface area contributed by atoms with Gasteiger partial charge in [-0.2, -0.15) is 0 Å². The molecule has 1 unspecified atom stereocenters. The summed E-state index contributed by atoms with van der Waals surface area (Å²) in [6.45, 7) is 6.46. The average molecular weight is 974 g/mol. The highest BCUT2D eigenvalue weighted by atomic mass is 16.6. The lowest BCUT2D eigenvalue weighted by atomic mass is 10.1. The van der Waals surface area contributed by atoms with Crippen LogP contribution in [0.4, 0.5) is 0 Å². The van der Waals surface area contributed by atoms with Gasteiger partial charge in [-0.25, -0.2) is 0 Å². The monoisotopic (exact) mass is 973 g/mol. The van der Waals surface area contributed by atoms with Crippen LogP contribution in [0.15, 0.2) is 97.2 Å². The molecule has 0 aromatic rings. The Bertz CT molecular complexity index is 1400. The van der Waals surface area contributed by atoms with Crippen LogP contribution in [0.2, 0.25) is 0 Å². The number of esters is 3. The van der Waals surface area contributed by atoms with Crippen molar-refractivity contribution in [2.75, 3.05) is 13.2 Å². The lowest BCUT2D eigenvalue weighted by Gasteiger charge is -2.18. The summed E-state index contributed by atoms with van der Waals surface area (Å²) in [6.07, 6.45) is 76.9. The highest BCUT2D eigenvalue weighted by molar-refractivity contribution is 5.71. The van der Waals surface area contributed by atoms with Crippen LogP contribution in [0.5, 0.6) is 0 Å². The third-order valence-electron chi connectivity index (χ3n) is 12.3. The molecule has 6 nitrogen and oxygen atoms in total. The molecule has 0 saturated heterocycles. The maximum Gasteiger partial charge on any atom is 0.306 e. The first-order valence-electron chi connectivity index (χ1n) is 29.2. The molecule has 0 radical (unpaired) electrons. The molecule has 0 amide bonds. The zero-order valence-electron chi connectivity index (χ0n) is 45.8. The summed E-state index contributed by atoms with van der Waals surface area (Å²) in [7, 11) is 0. The van der Waals surface area contributed by atoms with Gasteiger partial charge in [-0.05, 0) is 122 Å². The van der Waals surface area contributed by atoms with Crippen LogP contribution in [0.1, 0.15) is 271 Å². The molecule has 0 N–H and O–H groups in total. The van der Waals surface area contributed by atoms with Crippen molar-refractivity contribution in [2.45, 2.75) is 277 Å². The molecule has 0 aromatic heterocycles. The van der Waals surface area contributed by atoms with Gasteiger partial charge in [0.1, 0.15) is 13.2 Å². The summed E-state index contributed by atoms with van der Waals surface area (Å²) in [5, 5.41) is 0. The molecular weight excluding hydrogens is 865 g/mol. The van der Waals surface area contributed by atoms with E-state index in [1.165, 1.54) is 103 Å². The molecule has 0 rings (SSSR count). The normalized spacial score (nSPS) is 12.8. The predicted octanol–water partition coefficient (Wildman–Crippen LogP) is 19.7. The van der Waals surface area contributed by atoms with E-state index < -0.39 is 6.10 Å². The number of hydrogen-bond acceptors (Lipinski definition) is 6. The van der Waals surface area contributed by atoms with Crippen molar-refractivity contribution in [3.63, 3.8) is 0 Å². The third-order valence-corrected chi connectivity index (χ3v) is 12.3. The number of carbonyl (C=O) groups excluding carboxylic acids is 3. The van der Waals surface area contributed by atoms with E-state index in [0.717, 1.165) is 128 Å². The number of ether oxygens (including phenoxy) is 3. The van der Waals surface area contributed by atoms with Crippen molar-refractivity contribution in [3.05, 3.63) is 97.2 Å². The Hall–Kier alpha value is -3.67. The summed E-state index contributed by atoms with van der Waals surface area (Å²) in [5.41, 5.74) is 0. The summed E-state index contributed by atoms with van der Waals surface area (Å²) in [5.74, 6) is -0.946. The Kier molecular flexibility index (Phi) is 54.9. The van der Waals surface area contributed by atoms with E-state index in [9.17, 15) is 14.4 Å². The van der Waals surface area contributed by atoms with Gasteiger partial charge in [-0.1, -0.05) is 227 Å². The summed E-state index contributed by atoms with van der Waals surface area (Å²) in [6, 6.07) is 0. The van der Waals surface area contributed by atoms with Gasteiger partial charge in [0.25, 0.3) is 0 Å². The molecule has 70 heavy (non-hydrogen) atoms. The molecule has 0 aromatic carbocycles. The van der Waals surface area contributed by atoms with Crippen LogP contribution in [0.3, 0.4) is 0 Å². The quantitative estimate of drug-likeness (QED) is 0.0262. The van der Waals surface area contributed by atoms with Gasteiger partial charge in [0.05, 0.1) is 0 Å². The Morgan fingerprint density at radius 1 is 0.300 bits per heavy atom. The van der Waals surface area contributed by atoms with E-state index in [1.54, 1.807) is 0 Å². The standard InChI is InChI=1S/C64H108O6/c1-4-7-10-13-16-19-22-25-27-29-30-31-32-33-34-35-37-39-42-45-48-51-54-57-63(66)69-60-61(59-68-62(65)56-53-50-47-44-41-38-24-21-18-15-12-9-6-3)70-64(67)58-55-52-49-46-43-40-36-28-26-23-20-17-14-11-8-5-2/h9,12,18,20-23,25,28-30,32-33,36,38,41,61H,4-8,10-11,13-17,19,24,26-27,31,34-35,37,39-40,42-60H2,1-3H3/b12-9-,21-18-,23-20-,25-22-,30-29-,33-32-,36-28-,41-38-. The Labute approximate surface area is 432 Å². The van der Waals surface area contributed by atoms with Gasteiger partial charge in [-0.3, -0.25) is 14.4 Å². The van der Waals surface area contributed by atoms with Crippen LogP contribution < -0.4 is 0 Å². The topological polar surface area (TPSA) is 78.9 Å². The molecule has 400 valence electrons. The SMILES string of the molecule is CC/C=C\C/C=C\C/C=C\CCCCCC(=O)OCC(COC(=O)CCCCCCCCCC/C=C\C/C=C\C/C=C\CCCCCCC)OC(=O)CCCCCCC/C=C\C/C=C\CCCCCC. The maximum atomic E-state index is 12.8. The molecule has 0 fully saturated rings. The van der Waals surface area contributed by atoms with E-state index in [2.05, 4.69) is 118 Å². The molecule has 0 bridgehead atoms. The molecular formula is C64H108O6. The van der Waals surface area contributed by atoms with Gasteiger partial charge in [0.2, 0.25) is 0 Å². The first-order valence-corrected chi connectivity index (χ1v) is 29.2. The van der Waals surface area contributed by atoms with Gasteiger partial charge in [-0.15, -0.1) is 0 Å². The Morgan fingerprint density at radius 3 is 0.900 bits per heavy atom. The molecule has 6 heteroatoms. The van der Waals surface area contributed by atoms with Crippen molar-refractivity contribution < 1.29 is 28.6 Å². The van der Waals surface area contributed by atoms with Crippen molar-refractivity contribution in [2.24, 2.45) is 0 Å². The van der Waals surface area contributed by atoms with Gasteiger partial charge in [0.15, 0.2) is 6.10 Å². The van der Waals surface area contributed by atoms with E-state index in [4.69, 9.17) is 14.2 Å². The molecule has 0 heterocycles. The smallest absolute Gasteiger partial charge is 0.306 e. The number of hydrogen-bond donors (Lipinski definition) is 0. The van der Waals surface area contributed by atoms with E-state index in [-0.39, 0.29) is 31.1 Å². The fourth-order valence-electron chi connectivity index (χ4n) is 7.91. The first-order chi connectivity index (χ1) is 34.5. The summed E-state index contributed by atoms with van der Waals surface area (Å²) >= 11 is 0. The maximum absolute atomic E-state index is 12.8. The molecule has 0 saturated carbocycles. The van der Waals surface area contributed by atoms with Gasteiger partial charge < -0.3 is 14.2 Å². The number of rotatable bonds is 52. The van der Waals surface area contributed by atoms with Crippen LogP contribution in [-0.2, 0) is 28.6 Å². The third kappa shape index (κ3) is 55.3. The second kappa shape index (κ2) is 57.9. The second-order valence-electron chi connectivity index (χ2n) is 19.2. The number of carbonyl (C=O) groups is 3. The molecule has 0 aliphatic heterocycles. The zero-order valence-corrected chi connectivity index (χ0v) is 45.8. The van der Waals surface area contributed by atoms with Crippen LogP contribution in [0, 0.1) is 0 Å². The first kappa shape index (κ1) is 66.3. The minimum Gasteiger partial charge on any atom is -0.462 e. The lowest BCUT2D eigenvalue weighted by Crippen LogP contribution is -2.30. The molecule has 0 spiro atoms. The average Bonchev–Trinajstić information content (AvgIpc) is 3.36. The van der Waals surface area contributed by atoms with Gasteiger partial charge >= 0.3 is 17.9 Å². The van der Waals surface area contributed by atoms with Crippen LogP contribution in [-0.4, -0.2) is 37.2 Å². The molecule has 0 aliphatic carbocycles. The number of allylic oxidation sites excluding steroid dienone is 16. The largest absolute Gasteiger partial charge is 0.462 e. The van der Waals surface area contributed by atoms with E-state index in [1.807, 2.05) is 0 Å².